The highest BCUT2D eigenvalue weighted by Gasteiger charge is 2.33. The second-order valence-corrected chi connectivity index (χ2v) is 11.8. The second kappa shape index (κ2) is 14.0. The average molecular weight is 568 g/mol. The maximum absolute atomic E-state index is 13.6. The molecular formula is C27H35ClFN3O5S. The summed E-state index contributed by atoms with van der Waals surface area (Å²) < 4.78 is 45.6. The average Bonchev–Trinajstić information content (AvgIpc) is 2.90. The number of amides is 2. The number of piperidine rings is 1. The number of sulfonamides is 1. The number of methoxy groups -OCH3 is 1. The molecule has 2 aromatic rings. The van der Waals surface area contributed by atoms with Gasteiger partial charge in [-0.2, -0.15) is 4.31 Å². The number of carbonyl (C=O) groups is 2. The zero-order chi connectivity index (χ0) is 27.7. The molecule has 208 valence electrons. The van der Waals surface area contributed by atoms with Crippen molar-refractivity contribution in [3.05, 3.63) is 70.5 Å². The zero-order valence-corrected chi connectivity index (χ0v) is 23.4. The number of rotatable bonds is 12. The summed E-state index contributed by atoms with van der Waals surface area (Å²) in [4.78, 5) is 29.9. The number of hydrogen-bond acceptors (Lipinski definition) is 5. The number of benzene rings is 2. The molecule has 38 heavy (non-hydrogen) atoms. The van der Waals surface area contributed by atoms with Gasteiger partial charge in [0.2, 0.25) is 15.9 Å². The summed E-state index contributed by atoms with van der Waals surface area (Å²) in [5.74, 6) is -1.09. The third-order valence-corrected chi connectivity index (χ3v) is 8.84. The first-order valence-electron chi connectivity index (χ1n) is 12.7. The van der Waals surface area contributed by atoms with E-state index in [1.165, 1.54) is 29.6 Å². The molecule has 0 aromatic heterocycles. The molecule has 3 rings (SSSR count). The molecule has 1 aliphatic rings. The Kier molecular flexibility index (Phi) is 11.1. The van der Waals surface area contributed by atoms with E-state index in [-0.39, 0.29) is 55.4 Å². The Morgan fingerprint density at radius 3 is 2.42 bits per heavy atom. The molecule has 2 aromatic carbocycles. The van der Waals surface area contributed by atoms with Crippen LogP contribution in [0.5, 0.6) is 0 Å². The molecular weight excluding hydrogens is 533 g/mol. The van der Waals surface area contributed by atoms with Crippen molar-refractivity contribution in [1.82, 2.24) is 14.1 Å². The fourth-order valence-corrected chi connectivity index (χ4v) is 6.09. The maximum Gasteiger partial charge on any atom is 0.253 e. The Morgan fingerprint density at radius 1 is 1.13 bits per heavy atom. The van der Waals surface area contributed by atoms with E-state index in [1.54, 1.807) is 34.9 Å². The minimum Gasteiger partial charge on any atom is -0.383 e. The van der Waals surface area contributed by atoms with Crippen molar-refractivity contribution < 1.29 is 27.1 Å². The molecule has 0 N–H and O–H groups in total. The minimum atomic E-state index is -3.63. The number of ether oxygens (including phenoxy) is 1. The van der Waals surface area contributed by atoms with E-state index in [1.807, 2.05) is 12.1 Å². The van der Waals surface area contributed by atoms with Gasteiger partial charge in [0.15, 0.2) is 0 Å². The van der Waals surface area contributed by atoms with Crippen LogP contribution in [-0.2, 0) is 26.1 Å². The molecule has 1 heterocycles. The number of likely N-dealkylation sites (tertiary alicyclic amines) is 1. The summed E-state index contributed by atoms with van der Waals surface area (Å²) in [7, 11) is -2.15. The van der Waals surface area contributed by atoms with Crippen LogP contribution in [0.1, 0.15) is 42.1 Å². The minimum absolute atomic E-state index is 0.0538. The SMILES string of the molecule is CCCS(=O)(=O)N(CCOC)CC(=O)N(Cc1ccc(Cl)cc1)C1CCN(C(=O)c2cccc(F)c2)CC1. The van der Waals surface area contributed by atoms with Crippen LogP contribution in [-0.4, -0.2) is 86.0 Å². The molecule has 0 unspecified atom stereocenters. The van der Waals surface area contributed by atoms with Gasteiger partial charge in [0.05, 0.1) is 18.9 Å². The summed E-state index contributed by atoms with van der Waals surface area (Å²) in [5.41, 5.74) is 1.15. The fourth-order valence-electron chi connectivity index (χ4n) is 4.53. The molecule has 1 saturated heterocycles. The molecule has 11 heteroatoms. The fraction of sp³-hybridized carbons (Fsp3) is 0.481. The molecule has 0 radical (unpaired) electrons. The van der Waals surface area contributed by atoms with Crippen LogP contribution in [0.15, 0.2) is 48.5 Å². The van der Waals surface area contributed by atoms with Gasteiger partial charge < -0.3 is 14.5 Å². The van der Waals surface area contributed by atoms with Crippen LogP contribution in [0.2, 0.25) is 5.02 Å². The number of carbonyl (C=O) groups excluding carboxylic acids is 2. The number of halogens is 2. The van der Waals surface area contributed by atoms with Gasteiger partial charge in [-0.3, -0.25) is 9.59 Å². The van der Waals surface area contributed by atoms with Gasteiger partial charge in [0.25, 0.3) is 5.91 Å². The van der Waals surface area contributed by atoms with E-state index in [2.05, 4.69) is 0 Å². The maximum atomic E-state index is 13.6. The van der Waals surface area contributed by atoms with Crippen LogP contribution in [0.3, 0.4) is 0 Å². The lowest BCUT2D eigenvalue weighted by Gasteiger charge is -2.39. The molecule has 2 amide bonds. The molecule has 1 fully saturated rings. The molecule has 0 spiro atoms. The number of nitrogens with zero attached hydrogens (tertiary/aromatic N) is 3. The lowest BCUT2D eigenvalue weighted by atomic mass is 10.0. The van der Waals surface area contributed by atoms with Crippen molar-refractivity contribution in [1.29, 1.82) is 0 Å². The first-order chi connectivity index (χ1) is 18.1. The second-order valence-electron chi connectivity index (χ2n) is 9.32. The summed E-state index contributed by atoms with van der Waals surface area (Å²) in [6.07, 6.45) is 1.46. The highest BCUT2D eigenvalue weighted by molar-refractivity contribution is 7.89. The lowest BCUT2D eigenvalue weighted by Crippen LogP contribution is -2.51. The van der Waals surface area contributed by atoms with E-state index >= 15 is 0 Å². The molecule has 1 aliphatic heterocycles. The Bertz CT molecular complexity index is 1190. The Morgan fingerprint density at radius 2 is 1.82 bits per heavy atom. The Hall–Kier alpha value is -2.53. The van der Waals surface area contributed by atoms with Gasteiger partial charge in [0, 0.05) is 49.9 Å². The van der Waals surface area contributed by atoms with Crippen molar-refractivity contribution in [3.8, 4) is 0 Å². The summed E-state index contributed by atoms with van der Waals surface area (Å²) in [6, 6.07) is 12.6. The normalized spacial score (nSPS) is 14.6. The van der Waals surface area contributed by atoms with Crippen LogP contribution >= 0.6 is 11.6 Å². The summed E-state index contributed by atoms with van der Waals surface area (Å²) >= 11 is 6.04. The Labute approximate surface area is 229 Å². The van der Waals surface area contributed by atoms with Crippen LogP contribution in [0, 0.1) is 5.82 Å². The van der Waals surface area contributed by atoms with Gasteiger partial charge in [0.1, 0.15) is 5.82 Å². The van der Waals surface area contributed by atoms with Crippen molar-refractivity contribution in [2.24, 2.45) is 0 Å². The predicted molar refractivity (Wildman–Crippen MR) is 145 cm³/mol. The van der Waals surface area contributed by atoms with Gasteiger partial charge in [-0.15, -0.1) is 0 Å². The highest BCUT2D eigenvalue weighted by atomic mass is 35.5. The van der Waals surface area contributed by atoms with Gasteiger partial charge in [-0.1, -0.05) is 36.7 Å². The summed E-state index contributed by atoms with van der Waals surface area (Å²) in [5, 5.41) is 0.576. The van der Waals surface area contributed by atoms with Gasteiger partial charge in [-0.05, 0) is 55.2 Å². The third-order valence-electron chi connectivity index (χ3n) is 6.56. The van der Waals surface area contributed by atoms with Crippen LogP contribution in [0.4, 0.5) is 4.39 Å². The predicted octanol–water partition coefficient (Wildman–Crippen LogP) is 3.80. The van der Waals surface area contributed by atoms with Crippen LogP contribution in [0.25, 0.3) is 0 Å². The molecule has 8 nitrogen and oxygen atoms in total. The highest BCUT2D eigenvalue weighted by Crippen LogP contribution is 2.22. The molecule has 0 saturated carbocycles. The third kappa shape index (κ3) is 8.23. The first kappa shape index (κ1) is 30.0. The van der Waals surface area contributed by atoms with E-state index in [4.69, 9.17) is 16.3 Å². The molecule has 0 aliphatic carbocycles. The summed E-state index contributed by atoms with van der Waals surface area (Å²) in [6.45, 7) is 2.82. The zero-order valence-electron chi connectivity index (χ0n) is 21.8. The van der Waals surface area contributed by atoms with E-state index in [0.29, 0.717) is 37.4 Å². The first-order valence-corrected chi connectivity index (χ1v) is 14.7. The standard InChI is InChI=1S/C27H35ClFN3O5S/c1-3-17-38(35,36)31(15-16-37-2)20-26(33)32(19-21-7-9-23(28)10-8-21)25-11-13-30(14-12-25)27(34)22-5-4-6-24(29)18-22/h4-10,18,25H,3,11-17,19-20H2,1-2H3. The van der Waals surface area contributed by atoms with E-state index in [0.717, 1.165) is 5.56 Å². The topological polar surface area (TPSA) is 87.2 Å². The van der Waals surface area contributed by atoms with Gasteiger partial charge in [-0.25, -0.2) is 12.8 Å². The van der Waals surface area contributed by atoms with E-state index in [9.17, 15) is 22.4 Å². The smallest absolute Gasteiger partial charge is 0.253 e. The van der Waals surface area contributed by atoms with E-state index < -0.39 is 15.8 Å². The van der Waals surface area contributed by atoms with Crippen molar-refractivity contribution >= 4 is 33.4 Å². The molecule has 0 atom stereocenters. The van der Waals surface area contributed by atoms with Crippen LogP contribution < -0.4 is 0 Å². The van der Waals surface area contributed by atoms with Crippen molar-refractivity contribution in [3.63, 3.8) is 0 Å². The largest absolute Gasteiger partial charge is 0.383 e. The lowest BCUT2D eigenvalue weighted by molar-refractivity contribution is -0.135. The quantitative estimate of drug-likeness (QED) is 0.389. The Balaban J connectivity index is 1.77. The van der Waals surface area contributed by atoms with Crippen molar-refractivity contribution in [2.45, 2.75) is 38.8 Å². The monoisotopic (exact) mass is 567 g/mol. The number of hydrogen-bond donors (Lipinski definition) is 0. The van der Waals surface area contributed by atoms with Gasteiger partial charge >= 0.3 is 0 Å². The molecule has 0 bridgehead atoms. The van der Waals surface area contributed by atoms with Crippen molar-refractivity contribution in [2.75, 3.05) is 45.6 Å².